The van der Waals surface area contributed by atoms with Gasteiger partial charge in [0.25, 0.3) is 0 Å². The minimum Gasteiger partial charge on any atom is -0.394 e. The molecule has 0 aliphatic carbocycles. The SMILES string of the molecule is CO[C@H]1O[C@H](CO)[C@@H](O)[C@@H]1O. The number of hydrogen-bond donors (Lipinski definition) is 3. The number of rotatable bonds is 2. The summed E-state index contributed by atoms with van der Waals surface area (Å²) in [6.45, 7) is -0.321. The molecule has 1 aliphatic heterocycles. The Bertz CT molecular complexity index is 110. The lowest BCUT2D eigenvalue weighted by Crippen LogP contribution is -2.34. The fraction of sp³-hybridized carbons (Fsp3) is 1.00. The quantitative estimate of drug-likeness (QED) is 0.443. The molecule has 0 aromatic heterocycles. The van der Waals surface area contributed by atoms with Gasteiger partial charge in [0.15, 0.2) is 6.29 Å². The third-order valence-corrected chi connectivity index (χ3v) is 1.73. The highest BCUT2D eigenvalue weighted by atomic mass is 16.7. The zero-order valence-electron chi connectivity index (χ0n) is 6.17. The minimum atomic E-state index is -1.07. The molecular formula is C6H12O5. The predicted molar refractivity (Wildman–Crippen MR) is 34.8 cm³/mol. The van der Waals surface area contributed by atoms with Gasteiger partial charge in [-0.25, -0.2) is 0 Å². The van der Waals surface area contributed by atoms with Crippen LogP contribution < -0.4 is 0 Å². The standard InChI is InChI=1S/C6H12O5/c1-10-6-5(9)4(8)3(2-7)11-6/h3-9H,2H2,1H3/t3-,4-,5+,6+/m1/s1. The van der Waals surface area contributed by atoms with Crippen LogP contribution in [-0.2, 0) is 9.47 Å². The molecule has 1 heterocycles. The van der Waals surface area contributed by atoms with Gasteiger partial charge in [-0.2, -0.15) is 0 Å². The number of aliphatic hydroxyl groups is 3. The lowest BCUT2D eigenvalue weighted by atomic mass is 10.1. The molecule has 4 atom stereocenters. The topological polar surface area (TPSA) is 79.2 Å². The Kier molecular flexibility index (Phi) is 2.80. The first-order valence-electron chi connectivity index (χ1n) is 3.36. The third-order valence-electron chi connectivity index (χ3n) is 1.73. The summed E-state index contributed by atoms with van der Waals surface area (Å²) in [5.41, 5.74) is 0. The molecule has 66 valence electrons. The van der Waals surface area contributed by atoms with Gasteiger partial charge >= 0.3 is 0 Å². The fourth-order valence-electron chi connectivity index (χ4n) is 1.06. The Hall–Kier alpha value is -0.200. The van der Waals surface area contributed by atoms with Crippen molar-refractivity contribution in [3.63, 3.8) is 0 Å². The monoisotopic (exact) mass is 164 g/mol. The molecule has 0 unspecified atom stereocenters. The van der Waals surface area contributed by atoms with Crippen molar-refractivity contribution in [3.8, 4) is 0 Å². The van der Waals surface area contributed by atoms with E-state index in [4.69, 9.17) is 20.1 Å². The van der Waals surface area contributed by atoms with E-state index in [9.17, 15) is 0 Å². The van der Waals surface area contributed by atoms with Crippen LogP contribution in [0.2, 0.25) is 0 Å². The summed E-state index contributed by atoms with van der Waals surface area (Å²) in [4.78, 5) is 0. The maximum absolute atomic E-state index is 9.15. The highest BCUT2D eigenvalue weighted by Crippen LogP contribution is 2.20. The van der Waals surface area contributed by atoms with E-state index in [-0.39, 0.29) is 6.61 Å². The molecule has 5 nitrogen and oxygen atoms in total. The number of hydrogen-bond acceptors (Lipinski definition) is 5. The van der Waals surface area contributed by atoms with E-state index >= 15 is 0 Å². The average Bonchev–Trinajstić information content (AvgIpc) is 2.30. The number of aliphatic hydroxyl groups excluding tert-OH is 3. The maximum Gasteiger partial charge on any atom is 0.186 e. The molecule has 11 heavy (non-hydrogen) atoms. The van der Waals surface area contributed by atoms with Crippen molar-refractivity contribution in [2.45, 2.75) is 24.6 Å². The highest BCUT2D eigenvalue weighted by Gasteiger charge is 2.42. The first-order chi connectivity index (χ1) is 5.20. The van der Waals surface area contributed by atoms with Crippen LogP contribution in [0.4, 0.5) is 0 Å². The Labute approximate surface area is 64.2 Å². The largest absolute Gasteiger partial charge is 0.394 e. The summed E-state index contributed by atoms with van der Waals surface area (Å²) in [6.07, 6.45) is -3.71. The second-order valence-corrected chi connectivity index (χ2v) is 2.44. The lowest BCUT2D eigenvalue weighted by molar-refractivity contribution is -0.153. The van der Waals surface area contributed by atoms with Crippen LogP contribution in [0, 0.1) is 0 Å². The maximum atomic E-state index is 9.15. The van der Waals surface area contributed by atoms with E-state index < -0.39 is 24.6 Å². The van der Waals surface area contributed by atoms with Gasteiger partial charge in [0.05, 0.1) is 6.61 Å². The molecule has 1 rings (SSSR count). The van der Waals surface area contributed by atoms with Crippen molar-refractivity contribution < 1.29 is 24.8 Å². The first kappa shape index (κ1) is 8.89. The van der Waals surface area contributed by atoms with Gasteiger partial charge in [-0.3, -0.25) is 0 Å². The van der Waals surface area contributed by atoms with E-state index in [2.05, 4.69) is 4.74 Å². The van der Waals surface area contributed by atoms with Crippen LogP contribution in [0.15, 0.2) is 0 Å². The molecule has 0 saturated carbocycles. The molecule has 1 aliphatic rings. The molecule has 0 aromatic carbocycles. The summed E-state index contributed by atoms with van der Waals surface area (Å²) in [7, 11) is 1.36. The molecule has 0 amide bonds. The molecule has 1 fully saturated rings. The summed E-state index contributed by atoms with van der Waals surface area (Å²) in [5, 5.41) is 26.9. The van der Waals surface area contributed by atoms with E-state index in [1.165, 1.54) is 7.11 Å². The van der Waals surface area contributed by atoms with E-state index in [0.717, 1.165) is 0 Å². The molecular weight excluding hydrogens is 152 g/mol. The Morgan fingerprint density at radius 3 is 2.27 bits per heavy atom. The Morgan fingerprint density at radius 1 is 1.36 bits per heavy atom. The number of methoxy groups -OCH3 is 1. The van der Waals surface area contributed by atoms with Crippen LogP contribution in [0.5, 0.6) is 0 Å². The van der Waals surface area contributed by atoms with Crippen molar-refractivity contribution in [3.05, 3.63) is 0 Å². The van der Waals surface area contributed by atoms with E-state index in [1.807, 2.05) is 0 Å². The van der Waals surface area contributed by atoms with E-state index in [0.29, 0.717) is 0 Å². The van der Waals surface area contributed by atoms with Gasteiger partial charge in [-0.1, -0.05) is 0 Å². The normalized spacial score (nSPS) is 44.7. The first-order valence-corrected chi connectivity index (χ1v) is 3.36. The van der Waals surface area contributed by atoms with Gasteiger partial charge in [0.2, 0.25) is 0 Å². The van der Waals surface area contributed by atoms with E-state index in [1.54, 1.807) is 0 Å². The predicted octanol–water partition coefficient (Wildman–Crippen LogP) is -1.93. The Balaban J connectivity index is 2.53. The van der Waals surface area contributed by atoms with Gasteiger partial charge in [-0.15, -0.1) is 0 Å². The Morgan fingerprint density at radius 2 is 2.00 bits per heavy atom. The molecule has 0 spiro atoms. The van der Waals surface area contributed by atoms with Crippen LogP contribution >= 0.6 is 0 Å². The lowest BCUT2D eigenvalue weighted by Gasteiger charge is -2.11. The molecule has 3 N–H and O–H groups in total. The molecule has 0 bridgehead atoms. The zero-order valence-corrected chi connectivity index (χ0v) is 6.17. The summed E-state index contributed by atoms with van der Waals surface area (Å²) in [6, 6.07) is 0. The smallest absolute Gasteiger partial charge is 0.186 e. The second kappa shape index (κ2) is 3.46. The minimum absolute atomic E-state index is 0.321. The number of ether oxygens (including phenoxy) is 2. The molecule has 0 aromatic rings. The third kappa shape index (κ3) is 1.52. The summed E-state index contributed by atoms with van der Waals surface area (Å²) < 4.78 is 9.59. The van der Waals surface area contributed by atoms with Gasteiger partial charge in [0, 0.05) is 7.11 Å². The van der Waals surface area contributed by atoms with Crippen LogP contribution in [0.1, 0.15) is 0 Å². The fourth-order valence-corrected chi connectivity index (χ4v) is 1.06. The molecule has 0 radical (unpaired) electrons. The van der Waals surface area contributed by atoms with Crippen LogP contribution in [0.3, 0.4) is 0 Å². The highest BCUT2D eigenvalue weighted by molar-refractivity contribution is 4.85. The molecule has 5 heteroatoms. The zero-order chi connectivity index (χ0) is 8.43. The van der Waals surface area contributed by atoms with Crippen molar-refractivity contribution >= 4 is 0 Å². The van der Waals surface area contributed by atoms with Gasteiger partial charge in [-0.05, 0) is 0 Å². The van der Waals surface area contributed by atoms with Crippen LogP contribution in [0.25, 0.3) is 0 Å². The summed E-state index contributed by atoms with van der Waals surface area (Å²) >= 11 is 0. The van der Waals surface area contributed by atoms with Crippen LogP contribution in [-0.4, -0.2) is 53.6 Å². The van der Waals surface area contributed by atoms with Gasteiger partial charge < -0.3 is 24.8 Å². The van der Waals surface area contributed by atoms with Crippen molar-refractivity contribution in [1.82, 2.24) is 0 Å². The molecule has 1 saturated heterocycles. The summed E-state index contributed by atoms with van der Waals surface area (Å²) in [5.74, 6) is 0. The second-order valence-electron chi connectivity index (χ2n) is 2.44. The van der Waals surface area contributed by atoms with Crippen molar-refractivity contribution in [2.24, 2.45) is 0 Å². The van der Waals surface area contributed by atoms with Gasteiger partial charge in [0.1, 0.15) is 18.3 Å². The van der Waals surface area contributed by atoms with Crippen molar-refractivity contribution in [2.75, 3.05) is 13.7 Å². The van der Waals surface area contributed by atoms with Crippen molar-refractivity contribution in [1.29, 1.82) is 0 Å². The average molecular weight is 164 g/mol.